The molecule has 1 spiro atoms. The second kappa shape index (κ2) is 5.07. The summed E-state index contributed by atoms with van der Waals surface area (Å²) in [5.74, 6) is -1.07. The van der Waals surface area contributed by atoms with Gasteiger partial charge in [-0.15, -0.1) is 0 Å². The number of furan rings is 1. The van der Waals surface area contributed by atoms with Crippen molar-refractivity contribution in [3.63, 3.8) is 0 Å². The van der Waals surface area contributed by atoms with Crippen LogP contribution >= 0.6 is 0 Å². The number of hydrogen-bond acceptors (Lipinski definition) is 5. The number of ether oxygens (including phenoxy) is 1. The van der Waals surface area contributed by atoms with Gasteiger partial charge in [-0.05, 0) is 42.9 Å². The largest absolute Gasteiger partial charge is 0.472 e. The van der Waals surface area contributed by atoms with Crippen LogP contribution in [0.1, 0.15) is 58.1 Å². The first-order valence-corrected chi connectivity index (χ1v) is 8.90. The van der Waals surface area contributed by atoms with Crippen LogP contribution in [0.2, 0.25) is 0 Å². The number of carbonyl (C=O) groups excluding carboxylic acids is 2. The molecule has 0 unspecified atom stereocenters. The Bertz CT molecular complexity index is 759. The van der Waals surface area contributed by atoms with Crippen molar-refractivity contribution in [2.75, 3.05) is 0 Å². The van der Waals surface area contributed by atoms with E-state index in [-0.39, 0.29) is 17.6 Å². The molecule has 0 radical (unpaired) electrons. The molecule has 1 aromatic rings. The first-order chi connectivity index (χ1) is 11.7. The predicted octanol–water partition coefficient (Wildman–Crippen LogP) is 3.34. The van der Waals surface area contributed by atoms with E-state index >= 15 is 0 Å². The van der Waals surface area contributed by atoms with Gasteiger partial charge in [-0.1, -0.05) is 20.3 Å². The maximum Gasteiger partial charge on any atom is 0.316 e. The number of aliphatic hydroxyl groups is 1. The van der Waals surface area contributed by atoms with Crippen molar-refractivity contribution in [2.45, 2.75) is 58.2 Å². The monoisotopic (exact) mass is 344 g/mol. The highest BCUT2D eigenvalue weighted by molar-refractivity contribution is 6.01. The third-order valence-electron chi connectivity index (χ3n) is 6.71. The van der Waals surface area contributed by atoms with Gasteiger partial charge in [0.2, 0.25) is 0 Å². The Morgan fingerprint density at radius 1 is 1.24 bits per heavy atom. The summed E-state index contributed by atoms with van der Waals surface area (Å²) < 4.78 is 10.9. The summed E-state index contributed by atoms with van der Waals surface area (Å²) in [5.41, 5.74) is -1.63. The van der Waals surface area contributed by atoms with E-state index in [1.807, 2.05) is 13.8 Å². The molecule has 25 heavy (non-hydrogen) atoms. The van der Waals surface area contributed by atoms with E-state index in [0.29, 0.717) is 12.0 Å². The zero-order valence-electron chi connectivity index (χ0n) is 14.9. The zero-order chi connectivity index (χ0) is 18.0. The Balaban J connectivity index is 1.89. The average molecular weight is 344 g/mol. The van der Waals surface area contributed by atoms with Crippen molar-refractivity contribution >= 4 is 11.8 Å². The van der Waals surface area contributed by atoms with E-state index in [0.717, 1.165) is 18.4 Å². The van der Waals surface area contributed by atoms with Gasteiger partial charge in [0.05, 0.1) is 12.5 Å². The van der Waals surface area contributed by atoms with Gasteiger partial charge in [0.1, 0.15) is 17.1 Å². The fraction of sp³-hybridized carbons (Fsp3) is 0.600. The lowest BCUT2D eigenvalue weighted by molar-refractivity contribution is -0.229. The number of allylic oxidation sites excluding steroid dienone is 1. The number of ketones is 1. The van der Waals surface area contributed by atoms with Gasteiger partial charge in [-0.3, -0.25) is 9.59 Å². The molecule has 1 saturated carbocycles. The Kier molecular flexibility index (Phi) is 3.36. The first kappa shape index (κ1) is 16.6. The van der Waals surface area contributed by atoms with Crippen LogP contribution in [0.5, 0.6) is 0 Å². The molecule has 134 valence electrons. The summed E-state index contributed by atoms with van der Waals surface area (Å²) in [6, 6.07) is 1.74. The van der Waals surface area contributed by atoms with Crippen molar-refractivity contribution in [3.05, 3.63) is 35.8 Å². The van der Waals surface area contributed by atoms with Gasteiger partial charge in [0.15, 0.2) is 5.78 Å². The zero-order valence-corrected chi connectivity index (χ0v) is 14.9. The van der Waals surface area contributed by atoms with E-state index in [9.17, 15) is 14.7 Å². The summed E-state index contributed by atoms with van der Waals surface area (Å²) in [6.45, 7) is 5.78. The average Bonchev–Trinajstić information content (AvgIpc) is 3.04. The topological polar surface area (TPSA) is 76.7 Å². The number of esters is 1. The molecule has 5 heteroatoms. The van der Waals surface area contributed by atoms with Crippen molar-refractivity contribution < 1.29 is 23.8 Å². The third-order valence-corrected chi connectivity index (χ3v) is 6.71. The molecular weight excluding hydrogens is 320 g/mol. The highest BCUT2D eigenvalue weighted by atomic mass is 16.6. The summed E-state index contributed by atoms with van der Waals surface area (Å²) in [7, 11) is 0. The van der Waals surface area contributed by atoms with E-state index in [2.05, 4.69) is 0 Å². The van der Waals surface area contributed by atoms with Gasteiger partial charge in [-0.2, -0.15) is 0 Å². The number of cyclic esters (lactones) is 1. The third kappa shape index (κ3) is 1.99. The minimum Gasteiger partial charge on any atom is -0.472 e. The Hall–Kier alpha value is -1.88. The molecule has 1 N–H and O–H groups in total. The quantitative estimate of drug-likeness (QED) is 0.791. The van der Waals surface area contributed by atoms with Crippen LogP contribution in [0, 0.1) is 16.7 Å². The molecule has 1 aromatic heterocycles. The molecule has 5 nitrogen and oxygen atoms in total. The fourth-order valence-electron chi connectivity index (χ4n) is 5.54. The minimum atomic E-state index is -1.37. The van der Waals surface area contributed by atoms with Crippen LogP contribution in [0.3, 0.4) is 0 Å². The number of hydrogen-bond donors (Lipinski definition) is 1. The highest BCUT2D eigenvalue weighted by Gasteiger charge is 2.71. The van der Waals surface area contributed by atoms with E-state index in [4.69, 9.17) is 9.15 Å². The Morgan fingerprint density at radius 2 is 2.00 bits per heavy atom. The van der Waals surface area contributed by atoms with Crippen LogP contribution in [0.4, 0.5) is 0 Å². The molecule has 2 fully saturated rings. The molecule has 2 aliphatic carbocycles. The van der Waals surface area contributed by atoms with Crippen LogP contribution < -0.4 is 0 Å². The molecule has 0 bridgehead atoms. The number of rotatable bonds is 1. The fourth-order valence-corrected chi connectivity index (χ4v) is 5.54. The predicted molar refractivity (Wildman–Crippen MR) is 89.4 cm³/mol. The van der Waals surface area contributed by atoms with Gasteiger partial charge >= 0.3 is 5.97 Å². The molecule has 0 aromatic carbocycles. The van der Waals surface area contributed by atoms with Crippen LogP contribution in [0.25, 0.3) is 0 Å². The summed E-state index contributed by atoms with van der Waals surface area (Å²) in [6.07, 6.45) is 6.41. The van der Waals surface area contributed by atoms with Crippen molar-refractivity contribution in [1.82, 2.24) is 0 Å². The normalized spacial score (nSPS) is 39.9. The van der Waals surface area contributed by atoms with E-state index in [1.54, 1.807) is 19.1 Å². The van der Waals surface area contributed by atoms with Gasteiger partial charge in [0.25, 0.3) is 0 Å². The second-order valence-electron chi connectivity index (χ2n) is 8.49. The van der Waals surface area contributed by atoms with Crippen molar-refractivity contribution in [2.24, 2.45) is 16.7 Å². The molecule has 4 atom stereocenters. The Morgan fingerprint density at radius 3 is 2.68 bits per heavy atom. The molecule has 2 heterocycles. The lowest BCUT2D eigenvalue weighted by Crippen LogP contribution is -2.69. The highest BCUT2D eigenvalue weighted by Crippen LogP contribution is 2.64. The summed E-state index contributed by atoms with van der Waals surface area (Å²) in [5, 5.41) is 11.8. The van der Waals surface area contributed by atoms with Gasteiger partial charge < -0.3 is 14.3 Å². The van der Waals surface area contributed by atoms with Crippen molar-refractivity contribution in [3.8, 4) is 0 Å². The van der Waals surface area contributed by atoms with Crippen molar-refractivity contribution in [1.29, 1.82) is 0 Å². The second-order valence-corrected chi connectivity index (χ2v) is 8.49. The SMILES string of the molecule is CC1=CC(=O)[C@@H]2C(C)(C)CCC[C@@]23C(=O)O[C@@H](c2ccoc2)C[C@@]13O. The van der Waals surface area contributed by atoms with Gasteiger partial charge in [0, 0.05) is 17.9 Å². The summed E-state index contributed by atoms with van der Waals surface area (Å²) in [4.78, 5) is 26.2. The molecular formula is C20H24O5. The summed E-state index contributed by atoms with van der Waals surface area (Å²) >= 11 is 0. The standard InChI is InChI=1S/C20H24O5/c1-12-9-14(21)16-18(2,3)6-4-7-19(16)17(22)25-15(10-20(12,19)23)13-5-8-24-11-13/h5,8-9,11,15-16,23H,4,6-7,10H2,1-3H3/t15-,16-,19+,20-/m1/s1. The maximum absolute atomic E-state index is 13.3. The smallest absolute Gasteiger partial charge is 0.316 e. The molecule has 3 aliphatic rings. The van der Waals surface area contributed by atoms with Gasteiger partial charge in [-0.25, -0.2) is 0 Å². The van der Waals surface area contributed by atoms with Crippen LogP contribution in [-0.2, 0) is 14.3 Å². The van der Waals surface area contributed by atoms with Crippen LogP contribution in [0.15, 0.2) is 34.7 Å². The van der Waals surface area contributed by atoms with Crippen LogP contribution in [-0.4, -0.2) is 22.5 Å². The van der Waals surface area contributed by atoms with E-state index in [1.165, 1.54) is 12.5 Å². The maximum atomic E-state index is 13.3. The molecule has 0 amide bonds. The first-order valence-electron chi connectivity index (χ1n) is 8.90. The molecule has 1 saturated heterocycles. The lowest BCUT2D eigenvalue weighted by Gasteiger charge is -2.61. The minimum absolute atomic E-state index is 0.0643. The number of carbonyl (C=O) groups is 2. The molecule has 1 aliphatic heterocycles. The Labute approximate surface area is 147 Å². The molecule has 4 rings (SSSR count). The van der Waals surface area contributed by atoms with E-state index < -0.39 is 29.0 Å². The lowest BCUT2D eigenvalue weighted by atomic mass is 9.44.